The maximum atomic E-state index is 12.1. The fourth-order valence-electron chi connectivity index (χ4n) is 4.57. The van der Waals surface area contributed by atoms with Crippen LogP contribution in [0.25, 0.3) is 0 Å². The number of carbonyl (C=O) groups excluding carboxylic acids is 1. The van der Waals surface area contributed by atoms with Gasteiger partial charge >= 0.3 is 6.09 Å². The summed E-state index contributed by atoms with van der Waals surface area (Å²) in [5.74, 6) is 0.567. The number of nitrogens with zero attached hydrogens (tertiary/aromatic N) is 2. The zero-order chi connectivity index (χ0) is 19.0. The highest BCUT2D eigenvalue weighted by Gasteiger charge is 2.52. The molecule has 0 aliphatic carbocycles. The van der Waals surface area contributed by atoms with Crippen LogP contribution in [0.1, 0.15) is 24.5 Å². The fourth-order valence-corrected chi connectivity index (χ4v) is 4.57. The number of hydrogen-bond donors (Lipinski definition) is 2. The Labute approximate surface area is 160 Å². The third-order valence-electron chi connectivity index (χ3n) is 5.84. The molecule has 0 radical (unpaired) electrons. The summed E-state index contributed by atoms with van der Waals surface area (Å²) in [6.07, 6.45) is 0.936. The van der Waals surface area contributed by atoms with Gasteiger partial charge in [0, 0.05) is 31.2 Å². The molecule has 1 saturated heterocycles. The van der Waals surface area contributed by atoms with E-state index in [1.807, 2.05) is 48.5 Å². The van der Waals surface area contributed by atoms with Crippen LogP contribution in [0.4, 0.5) is 10.5 Å². The molecule has 0 saturated carbocycles. The minimum Gasteiger partial charge on any atom is -0.409 e. The number of benzene rings is 2. The van der Waals surface area contributed by atoms with Gasteiger partial charge in [-0.2, -0.15) is 0 Å². The van der Waals surface area contributed by atoms with Crippen molar-refractivity contribution in [3.05, 3.63) is 59.7 Å². The molecule has 2 heterocycles. The van der Waals surface area contributed by atoms with Gasteiger partial charge in [-0.25, -0.2) is 10.2 Å². The van der Waals surface area contributed by atoms with Crippen LogP contribution < -0.4 is 20.5 Å². The van der Waals surface area contributed by atoms with Gasteiger partial charge in [0.1, 0.15) is 5.75 Å². The van der Waals surface area contributed by atoms with Crippen molar-refractivity contribution in [2.24, 2.45) is 0 Å². The lowest BCUT2D eigenvalue weighted by molar-refractivity contribution is 0.195. The van der Waals surface area contributed by atoms with E-state index in [9.17, 15) is 4.79 Å². The van der Waals surface area contributed by atoms with Gasteiger partial charge in [0.2, 0.25) is 0 Å². The molecular weight excluding hydrogens is 340 g/mol. The van der Waals surface area contributed by atoms with E-state index in [2.05, 4.69) is 41.7 Å². The SMILES string of the molecule is CN1CC[C@@]2(C)c3cc(OC(=O)NNCc4ccccc4)ccc3N(C)[C@@H]12. The van der Waals surface area contributed by atoms with E-state index in [0.717, 1.165) is 18.5 Å². The normalized spacial score (nSPS) is 23.8. The first-order valence-electron chi connectivity index (χ1n) is 9.31. The first kappa shape index (κ1) is 17.8. The molecule has 2 atom stereocenters. The second-order valence-corrected chi connectivity index (χ2v) is 7.67. The average molecular weight is 366 g/mol. The van der Waals surface area contributed by atoms with Crippen molar-refractivity contribution in [3.63, 3.8) is 0 Å². The van der Waals surface area contributed by atoms with Crippen LogP contribution >= 0.6 is 0 Å². The Kier molecular flexibility index (Phi) is 4.53. The Hall–Kier alpha value is -2.57. The molecule has 0 spiro atoms. The molecular formula is C21H26N4O2. The maximum absolute atomic E-state index is 12.1. The van der Waals surface area contributed by atoms with Crippen molar-refractivity contribution in [2.45, 2.75) is 31.5 Å². The van der Waals surface area contributed by atoms with Crippen molar-refractivity contribution in [3.8, 4) is 5.75 Å². The summed E-state index contributed by atoms with van der Waals surface area (Å²) < 4.78 is 5.49. The quantitative estimate of drug-likeness (QED) is 0.815. The fraction of sp³-hybridized carbons (Fsp3) is 0.381. The van der Waals surface area contributed by atoms with E-state index in [1.165, 1.54) is 11.3 Å². The third-order valence-corrected chi connectivity index (χ3v) is 5.84. The maximum Gasteiger partial charge on any atom is 0.427 e. The first-order chi connectivity index (χ1) is 13.0. The summed E-state index contributed by atoms with van der Waals surface area (Å²) in [6, 6.07) is 15.8. The number of carbonyl (C=O) groups is 1. The van der Waals surface area contributed by atoms with Gasteiger partial charge in [-0.3, -0.25) is 10.3 Å². The summed E-state index contributed by atoms with van der Waals surface area (Å²) in [5, 5.41) is 0. The van der Waals surface area contributed by atoms with E-state index >= 15 is 0 Å². The summed E-state index contributed by atoms with van der Waals surface area (Å²) >= 11 is 0. The number of fused-ring (bicyclic) bond motifs is 3. The van der Waals surface area contributed by atoms with Crippen LogP contribution in [0.2, 0.25) is 0 Å². The molecule has 6 nitrogen and oxygen atoms in total. The highest BCUT2D eigenvalue weighted by atomic mass is 16.6. The predicted molar refractivity (Wildman–Crippen MR) is 106 cm³/mol. The molecule has 2 N–H and O–H groups in total. The number of hydrazine groups is 1. The van der Waals surface area contributed by atoms with Gasteiger partial charge < -0.3 is 9.64 Å². The topological polar surface area (TPSA) is 56.8 Å². The molecule has 142 valence electrons. The minimum atomic E-state index is -0.512. The Bertz CT molecular complexity index is 841. The number of amides is 1. The largest absolute Gasteiger partial charge is 0.427 e. The lowest BCUT2D eigenvalue weighted by Crippen LogP contribution is -2.45. The molecule has 2 aliphatic rings. The van der Waals surface area contributed by atoms with Crippen LogP contribution in [-0.2, 0) is 12.0 Å². The Morgan fingerprint density at radius 3 is 2.78 bits per heavy atom. The number of hydrogen-bond acceptors (Lipinski definition) is 5. The summed E-state index contributed by atoms with van der Waals surface area (Å²) in [4.78, 5) is 16.8. The summed E-state index contributed by atoms with van der Waals surface area (Å²) in [7, 11) is 4.30. The second-order valence-electron chi connectivity index (χ2n) is 7.67. The van der Waals surface area contributed by atoms with E-state index in [4.69, 9.17) is 4.74 Å². The number of likely N-dealkylation sites (tertiary alicyclic amines) is 1. The molecule has 1 fully saturated rings. The zero-order valence-corrected chi connectivity index (χ0v) is 16.0. The summed E-state index contributed by atoms with van der Waals surface area (Å²) in [6.45, 7) is 3.91. The number of nitrogens with one attached hydrogen (secondary N) is 2. The van der Waals surface area contributed by atoms with Gasteiger partial charge in [-0.1, -0.05) is 37.3 Å². The molecule has 0 bridgehead atoms. The lowest BCUT2D eigenvalue weighted by Gasteiger charge is -2.32. The van der Waals surface area contributed by atoms with Gasteiger partial charge in [0.05, 0.1) is 6.17 Å². The third kappa shape index (κ3) is 3.15. The zero-order valence-electron chi connectivity index (χ0n) is 16.0. The monoisotopic (exact) mass is 366 g/mol. The van der Waals surface area contributed by atoms with E-state index in [1.54, 1.807) is 0 Å². The molecule has 0 unspecified atom stereocenters. The number of likely N-dealkylation sites (N-methyl/N-ethyl adjacent to an activating group) is 2. The first-order valence-corrected chi connectivity index (χ1v) is 9.31. The van der Waals surface area contributed by atoms with Crippen LogP contribution in [-0.4, -0.2) is 37.8 Å². The smallest absolute Gasteiger partial charge is 0.409 e. The van der Waals surface area contributed by atoms with Gasteiger partial charge in [-0.05, 0) is 42.8 Å². The van der Waals surface area contributed by atoms with Gasteiger partial charge in [0.15, 0.2) is 0 Å². The second kappa shape index (κ2) is 6.87. The molecule has 27 heavy (non-hydrogen) atoms. The Morgan fingerprint density at radius 2 is 2.00 bits per heavy atom. The van der Waals surface area contributed by atoms with Crippen LogP contribution in [0.3, 0.4) is 0 Å². The summed E-state index contributed by atoms with van der Waals surface area (Å²) in [5.41, 5.74) is 9.09. The average Bonchev–Trinajstić information content (AvgIpc) is 3.08. The van der Waals surface area contributed by atoms with E-state index in [0.29, 0.717) is 18.5 Å². The predicted octanol–water partition coefficient (Wildman–Crippen LogP) is 2.85. The Balaban J connectivity index is 1.41. The molecule has 6 heteroatoms. The standard InChI is InChI=1S/C21H26N4O2/c1-21-11-12-24(2)19(21)25(3)18-10-9-16(13-17(18)21)27-20(26)23-22-14-15-7-5-4-6-8-15/h4-10,13,19,22H,11-12,14H2,1-3H3,(H,23,26)/t19-,21+/m1/s1. The van der Waals surface area contributed by atoms with Crippen molar-refractivity contribution >= 4 is 11.8 Å². The van der Waals surface area contributed by atoms with Crippen molar-refractivity contribution in [1.29, 1.82) is 0 Å². The molecule has 4 rings (SSSR count). The van der Waals surface area contributed by atoms with Crippen LogP contribution in [0.15, 0.2) is 48.5 Å². The number of rotatable bonds is 4. The number of anilines is 1. The van der Waals surface area contributed by atoms with Crippen molar-refractivity contribution < 1.29 is 9.53 Å². The Morgan fingerprint density at radius 1 is 1.22 bits per heavy atom. The van der Waals surface area contributed by atoms with Crippen LogP contribution in [0.5, 0.6) is 5.75 Å². The highest BCUT2D eigenvalue weighted by Crippen LogP contribution is 2.51. The van der Waals surface area contributed by atoms with Crippen LogP contribution in [0, 0.1) is 0 Å². The molecule has 2 aromatic carbocycles. The van der Waals surface area contributed by atoms with Gasteiger partial charge in [-0.15, -0.1) is 0 Å². The van der Waals surface area contributed by atoms with E-state index < -0.39 is 6.09 Å². The van der Waals surface area contributed by atoms with Crippen molar-refractivity contribution in [1.82, 2.24) is 15.8 Å². The lowest BCUT2D eigenvalue weighted by atomic mass is 9.81. The van der Waals surface area contributed by atoms with Crippen molar-refractivity contribution in [2.75, 3.05) is 25.5 Å². The number of ether oxygens (including phenoxy) is 1. The minimum absolute atomic E-state index is 0.0558. The molecule has 0 aromatic heterocycles. The highest BCUT2D eigenvalue weighted by molar-refractivity contribution is 5.72. The van der Waals surface area contributed by atoms with Gasteiger partial charge in [0.25, 0.3) is 0 Å². The molecule has 2 aliphatic heterocycles. The molecule has 2 aromatic rings. The van der Waals surface area contributed by atoms with E-state index in [-0.39, 0.29) is 5.41 Å². The molecule has 1 amide bonds.